The number of hydrogen-bond acceptors (Lipinski definition) is 4. The minimum Gasteiger partial charge on any atom is -0.363 e. The minimum absolute atomic E-state index is 0.0776. The number of carbonyl (C=O) groups is 1. The molecule has 2 amide bonds. The first-order chi connectivity index (χ1) is 9.70. The standard InChI is InChI=1S/C14H22N4O2/c1-17(8-11-2-3-11)9-12-4-6-18(10-12)14(19)15-13-5-7-20-16-13/h5,7,11-12H,2-4,6,8-10H2,1H3,(H,15,16,19). The summed E-state index contributed by atoms with van der Waals surface area (Å²) in [4.78, 5) is 16.3. The van der Waals surface area contributed by atoms with Crippen LogP contribution in [-0.2, 0) is 0 Å². The highest BCUT2D eigenvalue weighted by atomic mass is 16.5. The number of hydrogen-bond donors (Lipinski definition) is 1. The zero-order valence-corrected chi connectivity index (χ0v) is 11.9. The second kappa shape index (κ2) is 5.83. The summed E-state index contributed by atoms with van der Waals surface area (Å²) in [5.41, 5.74) is 0. The van der Waals surface area contributed by atoms with Crippen LogP contribution in [0.3, 0.4) is 0 Å². The number of aromatic nitrogens is 1. The van der Waals surface area contributed by atoms with Gasteiger partial charge in [-0.15, -0.1) is 0 Å². The normalized spacial score (nSPS) is 22.5. The molecule has 110 valence electrons. The third-order valence-electron chi connectivity index (χ3n) is 4.08. The molecule has 1 aromatic rings. The Labute approximate surface area is 119 Å². The van der Waals surface area contributed by atoms with Gasteiger partial charge in [0.15, 0.2) is 5.82 Å². The van der Waals surface area contributed by atoms with Gasteiger partial charge in [-0.3, -0.25) is 5.32 Å². The third-order valence-corrected chi connectivity index (χ3v) is 4.08. The van der Waals surface area contributed by atoms with Gasteiger partial charge in [-0.1, -0.05) is 5.16 Å². The summed E-state index contributed by atoms with van der Waals surface area (Å²) in [5, 5.41) is 6.44. The number of amides is 2. The second-order valence-electron chi connectivity index (χ2n) is 6.08. The molecule has 3 rings (SSSR count). The van der Waals surface area contributed by atoms with Gasteiger partial charge in [0.2, 0.25) is 0 Å². The Morgan fingerprint density at radius 3 is 2.95 bits per heavy atom. The number of urea groups is 1. The van der Waals surface area contributed by atoms with E-state index < -0.39 is 0 Å². The van der Waals surface area contributed by atoms with E-state index in [1.54, 1.807) is 6.07 Å². The summed E-state index contributed by atoms with van der Waals surface area (Å²) in [6.45, 7) is 3.95. The van der Waals surface area contributed by atoms with Crippen molar-refractivity contribution in [3.05, 3.63) is 12.3 Å². The van der Waals surface area contributed by atoms with Crippen molar-refractivity contribution in [1.29, 1.82) is 0 Å². The zero-order chi connectivity index (χ0) is 13.9. The summed E-state index contributed by atoms with van der Waals surface area (Å²) in [6, 6.07) is 1.57. The Balaban J connectivity index is 1.42. The number of nitrogens with one attached hydrogen (secondary N) is 1. The number of anilines is 1. The molecule has 1 aromatic heterocycles. The van der Waals surface area contributed by atoms with Crippen LogP contribution < -0.4 is 5.32 Å². The molecule has 6 nitrogen and oxygen atoms in total. The fourth-order valence-electron chi connectivity index (χ4n) is 2.89. The SMILES string of the molecule is CN(CC1CC1)CC1CCN(C(=O)Nc2ccon2)C1. The van der Waals surface area contributed by atoms with Crippen LogP contribution in [0.1, 0.15) is 19.3 Å². The fourth-order valence-corrected chi connectivity index (χ4v) is 2.89. The highest BCUT2D eigenvalue weighted by molar-refractivity contribution is 5.88. The lowest BCUT2D eigenvalue weighted by Crippen LogP contribution is -2.35. The third kappa shape index (κ3) is 3.50. The molecule has 1 atom stereocenters. The van der Waals surface area contributed by atoms with Gasteiger partial charge in [-0.05, 0) is 38.1 Å². The fraction of sp³-hybridized carbons (Fsp3) is 0.714. The molecule has 2 aliphatic rings. The van der Waals surface area contributed by atoms with E-state index in [9.17, 15) is 4.79 Å². The lowest BCUT2D eigenvalue weighted by molar-refractivity contribution is 0.216. The van der Waals surface area contributed by atoms with Crippen LogP contribution >= 0.6 is 0 Å². The first-order valence-corrected chi connectivity index (χ1v) is 7.35. The van der Waals surface area contributed by atoms with Crippen molar-refractivity contribution >= 4 is 11.8 Å². The van der Waals surface area contributed by atoms with E-state index in [1.165, 1.54) is 25.6 Å². The smallest absolute Gasteiger partial charge is 0.323 e. The van der Waals surface area contributed by atoms with Crippen molar-refractivity contribution < 1.29 is 9.32 Å². The van der Waals surface area contributed by atoms with Gasteiger partial charge in [-0.25, -0.2) is 4.79 Å². The van der Waals surface area contributed by atoms with Gasteiger partial charge in [0.25, 0.3) is 0 Å². The predicted molar refractivity (Wildman–Crippen MR) is 75.4 cm³/mol. The van der Waals surface area contributed by atoms with Crippen LogP contribution in [0.15, 0.2) is 16.9 Å². The molecule has 6 heteroatoms. The van der Waals surface area contributed by atoms with Gasteiger partial charge in [0, 0.05) is 32.2 Å². The number of carbonyl (C=O) groups excluding carboxylic acids is 1. The Morgan fingerprint density at radius 1 is 1.45 bits per heavy atom. The molecular formula is C14H22N4O2. The molecule has 2 heterocycles. The molecule has 0 radical (unpaired) electrons. The maximum Gasteiger partial charge on any atom is 0.323 e. The van der Waals surface area contributed by atoms with Crippen molar-refractivity contribution in [2.45, 2.75) is 19.3 Å². The molecule has 1 aliphatic carbocycles. The number of rotatable bonds is 5. The van der Waals surface area contributed by atoms with Crippen molar-refractivity contribution in [3.8, 4) is 0 Å². The van der Waals surface area contributed by atoms with Crippen LogP contribution in [0.4, 0.5) is 10.6 Å². The van der Waals surface area contributed by atoms with Gasteiger partial charge in [-0.2, -0.15) is 0 Å². The maximum atomic E-state index is 12.1. The van der Waals surface area contributed by atoms with Gasteiger partial charge in [0.1, 0.15) is 6.26 Å². The predicted octanol–water partition coefficient (Wildman–Crippen LogP) is 1.87. The molecular weight excluding hydrogens is 256 g/mol. The van der Waals surface area contributed by atoms with Crippen molar-refractivity contribution in [2.75, 3.05) is 38.5 Å². The average Bonchev–Trinajstić information content (AvgIpc) is 2.91. The molecule has 20 heavy (non-hydrogen) atoms. The Bertz CT molecular complexity index is 444. The molecule has 1 unspecified atom stereocenters. The van der Waals surface area contributed by atoms with E-state index in [1.807, 2.05) is 4.90 Å². The highest BCUT2D eigenvalue weighted by Gasteiger charge is 2.29. The van der Waals surface area contributed by atoms with Gasteiger partial charge >= 0.3 is 6.03 Å². The second-order valence-corrected chi connectivity index (χ2v) is 6.08. The van der Waals surface area contributed by atoms with E-state index >= 15 is 0 Å². The minimum atomic E-state index is -0.0776. The molecule has 1 saturated heterocycles. The maximum absolute atomic E-state index is 12.1. The largest absolute Gasteiger partial charge is 0.363 e. The van der Waals surface area contributed by atoms with Crippen molar-refractivity contribution in [1.82, 2.24) is 15.0 Å². The van der Waals surface area contributed by atoms with Crippen molar-refractivity contribution in [2.24, 2.45) is 11.8 Å². The zero-order valence-electron chi connectivity index (χ0n) is 11.9. The quantitative estimate of drug-likeness (QED) is 0.893. The monoisotopic (exact) mass is 278 g/mol. The number of likely N-dealkylation sites (tertiary alicyclic amines) is 1. The van der Waals surface area contributed by atoms with E-state index in [-0.39, 0.29) is 6.03 Å². The van der Waals surface area contributed by atoms with Crippen LogP contribution in [0.2, 0.25) is 0 Å². The Kier molecular flexibility index (Phi) is 3.91. The Hall–Kier alpha value is -1.56. The van der Waals surface area contributed by atoms with Crippen LogP contribution in [0.25, 0.3) is 0 Å². The van der Waals surface area contributed by atoms with Crippen LogP contribution in [-0.4, -0.2) is 54.2 Å². The molecule has 1 N–H and O–H groups in total. The Morgan fingerprint density at radius 2 is 2.25 bits per heavy atom. The summed E-state index contributed by atoms with van der Waals surface area (Å²) in [6.07, 6.45) is 5.32. The summed E-state index contributed by atoms with van der Waals surface area (Å²) in [7, 11) is 2.19. The molecule has 0 spiro atoms. The molecule has 2 fully saturated rings. The topological polar surface area (TPSA) is 61.6 Å². The summed E-state index contributed by atoms with van der Waals surface area (Å²) in [5.74, 6) is 1.99. The number of nitrogens with zero attached hydrogens (tertiary/aromatic N) is 3. The van der Waals surface area contributed by atoms with Crippen molar-refractivity contribution in [3.63, 3.8) is 0 Å². The van der Waals surface area contributed by atoms with E-state index in [0.29, 0.717) is 11.7 Å². The van der Waals surface area contributed by atoms with E-state index in [4.69, 9.17) is 4.52 Å². The first-order valence-electron chi connectivity index (χ1n) is 7.35. The molecule has 0 aromatic carbocycles. The van der Waals surface area contributed by atoms with Crippen LogP contribution in [0, 0.1) is 11.8 Å². The first kappa shape index (κ1) is 13.4. The lowest BCUT2D eigenvalue weighted by atomic mass is 10.1. The van der Waals surface area contributed by atoms with E-state index in [0.717, 1.165) is 32.0 Å². The van der Waals surface area contributed by atoms with E-state index in [2.05, 4.69) is 22.4 Å². The lowest BCUT2D eigenvalue weighted by Gasteiger charge is -2.21. The van der Waals surface area contributed by atoms with Crippen LogP contribution in [0.5, 0.6) is 0 Å². The average molecular weight is 278 g/mol. The van der Waals surface area contributed by atoms with Gasteiger partial charge in [0.05, 0.1) is 0 Å². The van der Waals surface area contributed by atoms with Gasteiger partial charge < -0.3 is 14.3 Å². The molecule has 1 saturated carbocycles. The molecule has 0 bridgehead atoms. The summed E-state index contributed by atoms with van der Waals surface area (Å²) >= 11 is 0. The summed E-state index contributed by atoms with van der Waals surface area (Å²) < 4.78 is 4.70. The highest BCUT2D eigenvalue weighted by Crippen LogP contribution is 2.30. The molecule has 1 aliphatic heterocycles.